The number of nitrogens with two attached hydrogens (primary N) is 1. The minimum absolute atomic E-state index is 0. The monoisotopic (exact) mass is 252 g/mol. The van der Waals surface area contributed by atoms with Gasteiger partial charge in [-0.25, -0.2) is 0 Å². The van der Waals surface area contributed by atoms with Gasteiger partial charge in [-0.1, -0.05) is 0 Å². The topological polar surface area (TPSA) is 104 Å². The maximum absolute atomic E-state index is 11.3. The van der Waals surface area contributed by atoms with Crippen LogP contribution in [0.4, 0.5) is 0 Å². The fourth-order valence-corrected chi connectivity index (χ4v) is 2.68. The van der Waals surface area contributed by atoms with Crippen molar-refractivity contribution in [3.05, 3.63) is 30.3 Å². The number of hydrogen-bond donors (Lipinski definition) is 2. The zero-order valence-electron chi connectivity index (χ0n) is 6.90. The quantitative estimate of drug-likeness (QED) is 0.497. The van der Waals surface area contributed by atoms with E-state index >= 15 is 0 Å². The van der Waals surface area contributed by atoms with Crippen LogP contribution in [0.1, 0.15) is 0 Å². The molecule has 0 spiro atoms. The van der Waals surface area contributed by atoms with E-state index in [-0.39, 0.29) is 12.1 Å². The third-order valence-electron chi connectivity index (χ3n) is 1.33. The summed E-state index contributed by atoms with van der Waals surface area (Å²) in [4.78, 5) is 0. The fraction of sp³-hybridized carbons (Fsp3) is 0.143. The summed E-state index contributed by atoms with van der Waals surface area (Å²) in [7, 11) is 0. The van der Waals surface area contributed by atoms with Crippen molar-refractivity contribution in [3.8, 4) is 0 Å². The van der Waals surface area contributed by atoms with Crippen LogP contribution in [0.3, 0.4) is 0 Å². The third-order valence-corrected chi connectivity index (χ3v) is 4.35. The first-order valence-corrected chi connectivity index (χ1v) is 6.53. The van der Waals surface area contributed by atoms with Gasteiger partial charge in [0.1, 0.15) is 0 Å². The molecule has 1 rings (SSSR count). The number of benzene rings is 1. The van der Waals surface area contributed by atoms with Crippen molar-refractivity contribution >= 4 is 17.4 Å². The standard InChI is InChI=1S/C7H10N2O2Se.H2O/c8-6-9-12(10,11)7-4-2-1-3-5-7;/h1-5,9H,6,8H2;1H2. The van der Waals surface area contributed by atoms with Crippen LogP contribution >= 0.6 is 0 Å². The second kappa shape index (κ2) is 5.06. The molecule has 13 heavy (non-hydrogen) atoms. The first-order chi connectivity index (χ1) is 5.67. The Kier molecular flexibility index (Phi) is 4.75. The van der Waals surface area contributed by atoms with Crippen molar-refractivity contribution in [1.29, 1.82) is 0 Å². The molecule has 6 heteroatoms. The molecule has 0 aliphatic rings. The summed E-state index contributed by atoms with van der Waals surface area (Å²) < 4.78 is 25.2. The molecule has 0 heterocycles. The second-order valence-corrected chi connectivity index (χ2v) is 5.87. The number of nitrogens with one attached hydrogen (secondary N) is 1. The van der Waals surface area contributed by atoms with Crippen LogP contribution < -0.4 is 14.5 Å². The summed E-state index contributed by atoms with van der Waals surface area (Å²) in [6.45, 7) is -0.0537. The molecule has 0 amide bonds. The summed E-state index contributed by atoms with van der Waals surface area (Å²) in [6.07, 6.45) is 0. The van der Waals surface area contributed by atoms with Gasteiger partial charge in [0.05, 0.1) is 0 Å². The zero-order valence-corrected chi connectivity index (χ0v) is 8.61. The third kappa shape index (κ3) is 3.22. The SMILES string of the molecule is NCN[Se](=O)(=O)c1ccccc1.O. The summed E-state index contributed by atoms with van der Waals surface area (Å²) in [5.74, 6) is 0. The van der Waals surface area contributed by atoms with Gasteiger partial charge in [-0.3, -0.25) is 0 Å². The van der Waals surface area contributed by atoms with Gasteiger partial charge < -0.3 is 5.48 Å². The summed E-state index contributed by atoms with van der Waals surface area (Å²) >= 11 is -4.13. The molecular weight excluding hydrogens is 239 g/mol. The maximum atomic E-state index is 11.3. The molecule has 0 aliphatic carbocycles. The molecule has 5 N–H and O–H groups in total. The van der Waals surface area contributed by atoms with Gasteiger partial charge in [-0.05, 0) is 0 Å². The van der Waals surface area contributed by atoms with Gasteiger partial charge >= 0.3 is 72.1 Å². The Morgan fingerprint density at radius 3 is 2.23 bits per heavy atom. The van der Waals surface area contributed by atoms with Crippen molar-refractivity contribution in [2.45, 2.75) is 0 Å². The Morgan fingerprint density at radius 2 is 1.77 bits per heavy atom. The molecule has 0 fully saturated rings. The molecule has 74 valence electrons. The minimum Gasteiger partial charge on any atom is -0.412 e. The Labute approximate surface area is 78.1 Å². The fourth-order valence-electron chi connectivity index (χ4n) is 0.793. The van der Waals surface area contributed by atoms with Crippen molar-refractivity contribution in [2.75, 3.05) is 6.67 Å². The maximum Gasteiger partial charge on any atom is -0.412 e. The second-order valence-electron chi connectivity index (χ2n) is 2.16. The Hall–Kier alpha value is -0.781. The van der Waals surface area contributed by atoms with Crippen LogP contribution in [0.2, 0.25) is 0 Å². The molecular formula is C7H12N2O3Se. The predicted molar refractivity (Wildman–Crippen MR) is 49.0 cm³/mol. The van der Waals surface area contributed by atoms with E-state index in [0.29, 0.717) is 4.46 Å². The molecule has 0 radical (unpaired) electrons. The Bertz CT molecular complexity index is 336. The van der Waals surface area contributed by atoms with E-state index in [2.05, 4.69) is 4.33 Å². The normalized spacial score (nSPS) is 10.5. The van der Waals surface area contributed by atoms with E-state index in [0.717, 1.165) is 0 Å². The zero-order chi connectivity index (χ0) is 9.03. The molecule has 1 aromatic rings. The van der Waals surface area contributed by atoms with Crippen molar-refractivity contribution < 1.29 is 13.1 Å². The first kappa shape index (κ1) is 12.2. The average Bonchev–Trinajstić information content (AvgIpc) is 2.06. The minimum atomic E-state index is -4.13. The van der Waals surface area contributed by atoms with Crippen LogP contribution in [0, 0.1) is 0 Å². The molecule has 0 aromatic heterocycles. The molecule has 0 saturated carbocycles. The van der Waals surface area contributed by atoms with E-state index in [1.54, 1.807) is 30.3 Å². The van der Waals surface area contributed by atoms with Crippen molar-refractivity contribution in [1.82, 2.24) is 4.33 Å². The summed E-state index contributed by atoms with van der Waals surface area (Å²) in [5, 5.41) is 0. The van der Waals surface area contributed by atoms with Crippen molar-refractivity contribution in [2.24, 2.45) is 5.73 Å². The largest absolute Gasteiger partial charge is 0.412 e. The van der Waals surface area contributed by atoms with Gasteiger partial charge in [0.2, 0.25) is 0 Å². The van der Waals surface area contributed by atoms with Crippen LogP contribution in [0.5, 0.6) is 0 Å². The van der Waals surface area contributed by atoms with E-state index < -0.39 is 12.9 Å². The van der Waals surface area contributed by atoms with E-state index in [1.807, 2.05) is 0 Å². The van der Waals surface area contributed by atoms with E-state index in [4.69, 9.17) is 5.73 Å². The molecule has 0 bridgehead atoms. The van der Waals surface area contributed by atoms with E-state index in [9.17, 15) is 7.67 Å². The van der Waals surface area contributed by atoms with Gasteiger partial charge in [-0.2, -0.15) is 0 Å². The summed E-state index contributed by atoms with van der Waals surface area (Å²) in [6, 6.07) is 8.20. The van der Waals surface area contributed by atoms with Crippen LogP contribution in [-0.2, 0) is 7.67 Å². The Morgan fingerprint density at radius 1 is 1.23 bits per heavy atom. The van der Waals surface area contributed by atoms with Gasteiger partial charge in [-0.15, -0.1) is 0 Å². The first-order valence-electron chi connectivity index (χ1n) is 3.41. The molecule has 5 nitrogen and oxygen atoms in total. The number of hydrogen-bond acceptors (Lipinski definition) is 3. The number of rotatable bonds is 3. The van der Waals surface area contributed by atoms with Crippen molar-refractivity contribution in [3.63, 3.8) is 0 Å². The van der Waals surface area contributed by atoms with Gasteiger partial charge in [0.25, 0.3) is 0 Å². The predicted octanol–water partition coefficient (Wildman–Crippen LogP) is -1.63. The average molecular weight is 251 g/mol. The Balaban J connectivity index is 0.00000144. The molecule has 0 unspecified atom stereocenters. The van der Waals surface area contributed by atoms with E-state index in [1.165, 1.54) is 0 Å². The molecule has 0 aliphatic heterocycles. The molecule has 0 saturated heterocycles. The molecule has 0 atom stereocenters. The molecule has 1 aromatic carbocycles. The smallest absolute Gasteiger partial charge is 0.412 e. The van der Waals surface area contributed by atoms with Crippen LogP contribution in [0.15, 0.2) is 30.3 Å². The van der Waals surface area contributed by atoms with Crippen LogP contribution in [-0.4, -0.2) is 25.1 Å². The van der Waals surface area contributed by atoms with Gasteiger partial charge in [0, 0.05) is 0 Å². The van der Waals surface area contributed by atoms with Crippen LogP contribution in [0.25, 0.3) is 0 Å². The summed E-state index contributed by atoms with van der Waals surface area (Å²) in [5.41, 5.74) is 5.08. The van der Waals surface area contributed by atoms with Gasteiger partial charge in [0.15, 0.2) is 0 Å².